The standard InChI is InChI=1S/C29H58N6.C2H6/c1-10-16-21-33(20-14-5)26-30-27(34(22-17-11-2)23-18-12-3)32-28(31-26)35(15-6)25(19-13-4)24-29(7,8)9;1-2/h25H,10-24H2,1-9H3;1-2H3. The summed E-state index contributed by atoms with van der Waals surface area (Å²) in [7, 11) is 0. The molecule has 6 nitrogen and oxygen atoms in total. The summed E-state index contributed by atoms with van der Waals surface area (Å²) in [5.74, 6) is 2.60. The Labute approximate surface area is 232 Å². The van der Waals surface area contributed by atoms with E-state index in [1.807, 2.05) is 13.8 Å². The highest BCUT2D eigenvalue weighted by atomic mass is 15.4. The molecule has 0 aliphatic rings. The number of rotatable bonds is 19. The van der Waals surface area contributed by atoms with Gasteiger partial charge in [0.1, 0.15) is 0 Å². The molecular weight excluding hydrogens is 456 g/mol. The maximum atomic E-state index is 5.17. The Morgan fingerprint density at radius 2 is 1.03 bits per heavy atom. The van der Waals surface area contributed by atoms with Crippen molar-refractivity contribution in [3.05, 3.63) is 0 Å². The van der Waals surface area contributed by atoms with Gasteiger partial charge in [0.2, 0.25) is 17.8 Å². The molecule has 1 aromatic rings. The number of hydrogen-bond donors (Lipinski definition) is 0. The van der Waals surface area contributed by atoms with Crippen molar-refractivity contribution in [1.29, 1.82) is 0 Å². The largest absolute Gasteiger partial charge is 0.341 e. The molecule has 37 heavy (non-hydrogen) atoms. The van der Waals surface area contributed by atoms with E-state index in [-0.39, 0.29) is 5.41 Å². The Kier molecular flexibility index (Phi) is 19.5. The summed E-state index contributed by atoms with van der Waals surface area (Å²) in [6.07, 6.45) is 11.6. The molecule has 0 saturated heterocycles. The van der Waals surface area contributed by atoms with E-state index >= 15 is 0 Å². The molecule has 6 heteroatoms. The molecule has 0 amide bonds. The highest BCUT2D eigenvalue weighted by Crippen LogP contribution is 2.29. The molecule has 218 valence electrons. The predicted molar refractivity (Wildman–Crippen MR) is 166 cm³/mol. The Bertz CT molecular complexity index is 664. The summed E-state index contributed by atoms with van der Waals surface area (Å²) in [5, 5.41) is 0. The average Bonchev–Trinajstić information content (AvgIpc) is 2.87. The van der Waals surface area contributed by atoms with Crippen LogP contribution in [0.2, 0.25) is 0 Å². The first-order valence-corrected chi connectivity index (χ1v) is 15.8. The van der Waals surface area contributed by atoms with Gasteiger partial charge < -0.3 is 14.7 Å². The zero-order valence-corrected chi connectivity index (χ0v) is 26.9. The second-order valence-corrected chi connectivity index (χ2v) is 11.3. The van der Waals surface area contributed by atoms with E-state index in [1.54, 1.807) is 0 Å². The molecule has 0 N–H and O–H groups in total. The van der Waals surface area contributed by atoms with Gasteiger partial charge in [0.05, 0.1) is 0 Å². The van der Waals surface area contributed by atoms with E-state index in [4.69, 9.17) is 15.0 Å². The predicted octanol–water partition coefficient (Wildman–Crippen LogP) is 8.75. The maximum absolute atomic E-state index is 5.17. The van der Waals surface area contributed by atoms with Gasteiger partial charge in [0, 0.05) is 38.8 Å². The second-order valence-electron chi connectivity index (χ2n) is 11.3. The molecule has 0 aliphatic carbocycles. The van der Waals surface area contributed by atoms with E-state index in [0.717, 1.165) is 89.1 Å². The van der Waals surface area contributed by atoms with E-state index in [9.17, 15) is 0 Å². The van der Waals surface area contributed by atoms with Crippen LogP contribution < -0.4 is 14.7 Å². The summed E-state index contributed by atoms with van der Waals surface area (Å²) >= 11 is 0. The van der Waals surface area contributed by atoms with Crippen molar-refractivity contribution in [1.82, 2.24) is 15.0 Å². The molecule has 0 spiro atoms. The third-order valence-electron chi connectivity index (χ3n) is 6.51. The van der Waals surface area contributed by atoms with Crippen LogP contribution >= 0.6 is 0 Å². The van der Waals surface area contributed by atoms with Gasteiger partial charge in [-0.05, 0) is 50.9 Å². The molecule has 1 unspecified atom stereocenters. The van der Waals surface area contributed by atoms with E-state index < -0.39 is 0 Å². The quantitative estimate of drug-likeness (QED) is 0.182. The summed E-state index contributed by atoms with van der Waals surface area (Å²) in [6.45, 7) is 29.5. The molecule has 0 radical (unpaired) electrons. The van der Waals surface area contributed by atoms with Crippen LogP contribution in [0.1, 0.15) is 140 Å². The first-order valence-electron chi connectivity index (χ1n) is 15.8. The lowest BCUT2D eigenvalue weighted by Gasteiger charge is -2.36. The van der Waals surface area contributed by atoms with Gasteiger partial charge in [-0.1, -0.05) is 94.9 Å². The summed E-state index contributed by atoms with van der Waals surface area (Å²) < 4.78 is 0. The molecule has 0 aromatic carbocycles. The summed E-state index contributed by atoms with van der Waals surface area (Å²) in [4.78, 5) is 22.7. The second kappa shape index (κ2) is 20.4. The van der Waals surface area contributed by atoms with Gasteiger partial charge in [-0.15, -0.1) is 0 Å². The van der Waals surface area contributed by atoms with Crippen molar-refractivity contribution >= 4 is 17.8 Å². The number of hydrogen-bond acceptors (Lipinski definition) is 6. The number of nitrogens with zero attached hydrogens (tertiary/aromatic N) is 6. The molecular formula is C31H64N6. The Hall–Kier alpha value is -1.59. The third-order valence-corrected chi connectivity index (χ3v) is 6.51. The third kappa shape index (κ3) is 13.7. The van der Waals surface area contributed by atoms with Gasteiger partial charge in [-0.2, -0.15) is 15.0 Å². The molecule has 1 aromatic heterocycles. The van der Waals surface area contributed by atoms with Crippen molar-refractivity contribution < 1.29 is 0 Å². The normalized spacial score (nSPS) is 12.1. The number of unbranched alkanes of at least 4 members (excludes halogenated alkanes) is 3. The van der Waals surface area contributed by atoms with Crippen LogP contribution in [0.4, 0.5) is 17.8 Å². The zero-order chi connectivity index (χ0) is 28.3. The highest BCUT2D eigenvalue weighted by molar-refractivity contribution is 5.47. The van der Waals surface area contributed by atoms with Crippen molar-refractivity contribution in [3.8, 4) is 0 Å². The van der Waals surface area contributed by atoms with E-state index in [1.165, 1.54) is 25.7 Å². The number of anilines is 3. The summed E-state index contributed by atoms with van der Waals surface area (Å²) in [6, 6.07) is 0.433. The SMILES string of the molecule is CC.CCCCN(CCC)c1nc(N(CCCC)CCCC)nc(N(CC)C(CCC)CC(C)(C)C)n1. The molecule has 1 rings (SSSR count). The Balaban J connectivity index is 0.00000631. The van der Waals surface area contributed by atoms with Crippen molar-refractivity contribution in [2.75, 3.05) is 47.4 Å². The van der Waals surface area contributed by atoms with Crippen molar-refractivity contribution in [3.63, 3.8) is 0 Å². The van der Waals surface area contributed by atoms with Crippen LogP contribution in [0.3, 0.4) is 0 Å². The zero-order valence-electron chi connectivity index (χ0n) is 26.9. The molecule has 0 saturated carbocycles. The molecule has 0 bridgehead atoms. The fraction of sp³-hybridized carbons (Fsp3) is 0.903. The summed E-state index contributed by atoms with van der Waals surface area (Å²) in [5.41, 5.74) is 0.260. The van der Waals surface area contributed by atoms with Crippen LogP contribution in [-0.2, 0) is 0 Å². The minimum Gasteiger partial charge on any atom is -0.341 e. The van der Waals surface area contributed by atoms with Crippen LogP contribution in [0.15, 0.2) is 0 Å². The monoisotopic (exact) mass is 521 g/mol. The van der Waals surface area contributed by atoms with Gasteiger partial charge >= 0.3 is 0 Å². The average molecular weight is 521 g/mol. The smallest absolute Gasteiger partial charge is 0.232 e. The van der Waals surface area contributed by atoms with Crippen LogP contribution in [0.5, 0.6) is 0 Å². The first-order chi connectivity index (χ1) is 17.7. The lowest BCUT2D eigenvalue weighted by Crippen LogP contribution is -2.40. The van der Waals surface area contributed by atoms with Gasteiger partial charge in [-0.3, -0.25) is 0 Å². The van der Waals surface area contributed by atoms with Gasteiger partial charge in [0.15, 0.2) is 0 Å². The molecule has 1 heterocycles. The topological polar surface area (TPSA) is 48.4 Å². The minimum atomic E-state index is 0.260. The van der Waals surface area contributed by atoms with Crippen molar-refractivity contribution in [2.45, 2.75) is 146 Å². The lowest BCUT2D eigenvalue weighted by molar-refractivity contribution is 0.318. The maximum Gasteiger partial charge on any atom is 0.232 e. The Morgan fingerprint density at radius 1 is 0.595 bits per heavy atom. The van der Waals surface area contributed by atoms with E-state index in [2.05, 4.69) is 77.0 Å². The fourth-order valence-corrected chi connectivity index (χ4v) is 4.67. The number of aromatic nitrogens is 3. The van der Waals surface area contributed by atoms with Crippen LogP contribution in [-0.4, -0.2) is 53.7 Å². The lowest BCUT2D eigenvalue weighted by atomic mass is 9.86. The first kappa shape index (κ1) is 35.4. The highest BCUT2D eigenvalue weighted by Gasteiger charge is 2.27. The fourth-order valence-electron chi connectivity index (χ4n) is 4.67. The van der Waals surface area contributed by atoms with Gasteiger partial charge in [0.25, 0.3) is 0 Å². The van der Waals surface area contributed by atoms with E-state index in [0.29, 0.717) is 6.04 Å². The van der Waals surface area contributed by atoms with Gasteiger partial charge in [-0.25, -0.2) is 0 Å². The molecule has 0 fully saturated rings. The van der Waals surface area contributed by atoms with Crippen molar-refractivity contribution in [2.24, 2.45) is 5.41 Å². The Morgan fingerprint density at radius 3 is 1.38 bits per heavy atom. The minimum absolute atomic E-state index is 0.260. The molecule has 0 aliphatic heterocycles. The van der Waals surface area contributed by atoms with Crippen LogP contribution in [0.25, 0.3) is 0 Å². The molecule has 1 atom stereocenters. The van der Waals surface area contributed by atoms with Crippen LogP contribution in [0, 0.1) is 5.41 Å².